The lowest BCUT2D eigenvalue weighted by Crippen LogP contribution is -2.49. The maximum Gasteiger partial charge on any atom is 0.308 e. The molecule has 0 bridgehead atoms. The van der Waals surface area contributed by atoms with Crippen molar-refractivity contribution in [1.82, 2.24) is 4.90 Å². The summed E-state index contributed by atoms with van der Waals surface area (Å²) >= 11 is 0. The number of hydrogen-bond acceptors (Lipinski definition) is 6. The van der Waals surface area contributed by atoms with E-state index in [1.54, 1.807) is 48.5 Å². The first-order valence-electron chi connectivity index (χ1n) is 13.8. The molecule has 7 nitrogen and oxygen atoms in total. The number of carbonyl (C=O) groups is 4. The molecule has 4 atom stereocenters. The molecule has 3 aliphatic heterocycles. The van der Waals surface area contributed by atoms with Gasteiger partial charge in [0.05, 0.1) is 12.0 Å². The van der Waals surface area contributed by atoms with E-state index in [-0.39, 0.29) is 17.5 Å². The van der Waals surface area contributed by atoms with Crippen LogP contribution in [0, 0.1) is 5.92 Å². The summed E-state index contributed by atoms with van der Waals surface area (Å²) in [6.45, 7) is 1.31. The number of rotatable bonds is 5. The molecule has 0 unspecified atom stereocenters. The van der Waals surface area contributed by atoms with Crippen molar-refractivity contribution in [3.63, 3.8) is 0 Å². The van der Waals surface area contributed by atoms with Gasteiger partial charge in [-0.15, -0.1) is 0 Å². The first-order valence-corrected chi connectivity index (χ1v) is 13.8. The van der Waals surface area contributed by atoms with Crippen molar-refractivity contribution >= 4 is 35.2 Å². The maximum atomic E-state index is 14.7. The maximum absolute atomic E-state index is 14.7. The molecule has 1 N–H and O–H groups in total. The van der Waals surface area contributed by atoms with Gasteiger partial charge >= 0.3 is 5.97 Å². The summed E-state index contributed by atoms with van der Waals surface area (Å²) in [6, 6.07) is 28.8. The van der Waals surface area contributed by atoms with Gasteiger partial charge < -0.3 is 15.0 Å². The Labute approximate surface area is 242 Å². The Kier molecular flexibility index (Phi) is 5.90. The number of ether oxygens (including phenoxy) is 1. The van der Waals surface area contributed by atoms with Crippen molar-refractivity contribution in [1.29, 1.82) is 0 Å². The Morgan fingerprint density at radius 3 is 2.21 bits per heavy atom. The Hall–Kier alpha value is -5.30. The number of anilines is 1. The molecule has 206 valence electrons. The number of para-hydroxylation sites is 1. The van der Waals surface area contributed by atoms with Gasteiger partial charge in [0.15, 0.2) is 11.6 Å². The molecule has 0 radical (unpaired) electrons. The fraction of sp³-hybridized carbons (Fsp3) is 0.143. The molecular formula is C35H26N2O5. The number of ketones is 2. The second-order valence-electron chi connectivity index (χ2n) is 10.8. The molecule has 4 aromatic rings. The lowest BCUT2D eigenvalue weighted by atomic mass is 9.62. The van der Waals surface area contributed by atoms with E-state index >= 15 is 0 Å². The van der Waals surface area contributed by atoms with E-state index < -0.39 is 29.4 Å². The summed E-state index contributed by atoms with van der Waals surface area (Å²) in [5.74, 6) is -2.10. The molecule has 1 spiro atoms. The highest BCUT2D eigenvalue weighted by atomic mass is 16.5. The molecule has 1 fully saturated rings. The number of esters is 1. The summed E-state index contributed by atoms with van der Waals surface area (Å²) < 4.78 is 5.17. The zero-order chi connectivity index (χ0) is 29.0. The van der Waals surface area contributed by atoms with Gasteiger partial charge in [-0.25, -0.2) is 0 Å². The molecule has 4 aromatic carbocycles. The van der Waals surface area contributed by atoms with Crippen LogP contribution in [0.1, 0.15) is 50.4 Å². The fourth-order valence-electron chi connectivity index (χ4n) is 6.97. The van der Waals surface area contributed by atoms with Crippen LogP contribution in [0.4, 0.5) is 5.69 Å². The van der Waals surface area contributed by atoms with Crippen molar-refractivity contribution < 1.29 is 23.9 Å². The molecule has 7 rings (SSSR count). The van der Waals surface area contributed by atoms with E-state index in [1.165, 1.54) is 6.92 Å². The smallest absolute Gasteiger partial charge is 0.308 e. The minimum absolute atomic E-state index is 0.280. The van der Waals surface area contributed by atoms with Crippen LogP contribution >= 0.6 is 0 Å². The Morgan fingerprint density at radius 2 is 1.45 bits per heavy atom. The van der Waals surface area contributed by atoms with Crippen LogP contribution in [0.25, 0.3) is 6.08 Å². The molecule has 42 heavy (non-hydrogen) atoms. The predicted molar refractivity (Wildman–Crippen MR) is 157 cm³/mol. The highest BCUT2D eigenvalue weighted by Crippen LogP contribution is 2.62. The standard InChI is InChI=1S/C35H26N2O5/c1-21(38)42-25-17-15-24(16-18-25)32(40)30-29(31(39)23-10-3-2-4-11-23)35(27-13-7-8-14-28(27)36-34(35)41)33-26-12-6-5-9-22(26)19-20-37(30)33/h2-20,29-30,33H,1H3,(H,36,41)/t29-,30+,33-,35+/m1/s1. The quantitative estimate of drug-likeness (QED) is 0.196. The van der Waals surface area contributed by atoms with Gasteiger partial charge in [-0.05, 0) is 53.1 Å². The third-order valence-corrected chi connectivity index (χ3v) is 8.58. The van der Waals surface area contributed by atoms with Gasteiger partial charge in [0, 0.05) is 29.9 Å². The Balaban J connectivity index is 1.48. The van der Waals surface area contributed by atoms with E-state index in [0.29, 0.717) is 28.1 Å². The van der Waals surface area contributed by atoms with E-state index in [1.807, 2.05) is 71.8 Å². The second-order valence-corrected chi connectivity index (χ2v) is 10.8. The van der Waals surface area contributed by atoms with Gasteiger partial charge in [0.1, 0.15) is 17.2 Å². The van der Waals surface area contributed by atoms with Gasteiger partial charge in [-0.1, -0.05) is 72.8 Å². The first-order chi connectivity index (χ1) is 20.4. The van der Waals surface area contributed by atoms with Crippen molar-refractivity contribution in [3.05, 3.63) is 137 Å². The van der Waals surface area contributed by atoms with Gasteiger partial charge in [0.25, 0.3) is 0 Å². The Bertz CT molecular complexity index is 1800. The lowest BCUT2D eigenvalue weighted by Gasteiger charge is -2.38. The van der Waals surface area contributed by atoms with Crippen molar-refractivity contribution in [3.8, 4) is 5.75 Å². The average molecular weight is 555 g/mol. The Morgan fingerprint density at radius 1 is 0.786 bits per heavy atom. The van der Waals surface area contributed by atoms with Gasteiger partial charge in [-0.3, -0.25) is 19.2 Å². The largest absolute Gasteiger partial charge is 0.427 e. The van der Waals surface area contributed by atoms with Crippen LogP contribution in [-0.4, -0.2) is 34.4 Å². The minimum Gasteiger partial charge on any atom is -0.427 e. The molecule has 7 heteroatoms. The number of amides is 1. The normalized spacial score (nSPS) is 23.1. The summed E-state index contributed by atoms with van der Waals surface area (Å²) in [7, 11) is 0. The molecule has 0 saturated carbocycles. The number of hydrogen-bond donors (Lipinski definition) is 1. The number of Topliss-reactive ketones (excluding diaryl/α,β-unsaturated/α-hetero) is 2. The van der Waals surface area contributed by atoms with Crippen LogP contribution in [0.15, 0.2) is 109 Å². The summed E-state index contributed by atoms with van der Waals surface area (Å²) in [4.78, 5) is 57.1. The van der Waals surface area contributed by atoms with Gasteiger partial charge in [-0.2, -0.15) is 0 Å². The van der Waals surface area contributed by atoms with Gasteiger partial charge in [0.2, 0.25) is 5.91 Å². The summed E-state index contributed by atoms with van der Waals surface area (Å²) in [6.07, 6.45) is 3.77. The van der Waals surface area contributed by atoms with Crippen molar-refractivity contribution in [2.75, 3.05) is 5.32 Å². The van der Waals surface area contributed by atoms with E-state index in [9.17, 15) is 19.2 Å². The highest BCUT2D eigenvalue weighted by molar-refractivity contribution is 6.16. The van der Waals surface area contributed by atoms with Crippen LogP contribution in [0.5, 0.6) is 5.75 Å². The summed E-state index contributed by atoms with van der Waals surface area (Å²) in [5.41, 5.74) is 2.53. The first kappa shape index (κ1) is 25.7. The fourth-order valence-corrected chi connectivity index (χ4v) is 6.97. The monoisotopic (exact) mass is 554 g/mol. The summed E-state index contributed by atoms with van der Waals surface area (Å²) in [5, 5.41) is 3.05. The number of carbonyl (C=O) groups excluding carboxylic acids is 4. The van der Waals surface area contributed by atoms with Crippen LogP contribution in [-0.2, 0) is 15.0 Å². The SMILES string of the molecule is CC(=O)Oc1ccc(C(=O)[C@@H]2[C@H](C(=O)c3ccccc3)[C@]3(C(=O)Nc4ccccc43)[C@H]3c4ccccc4C=CN23)cc1. The number of nitrogens with one attached hydrogen (secondary N) is 1. The highest BCUT2D eigenvalue weighted by Gasteiger charge is 2.70. The zero-order valence-electron chi connectivity index (χ0n) is 22.7. The van der Waals surface area contributed by atoms with E-state index in [2.05, 4.69) is 5.32 Å². The topological polar surface area (TPSA) is 92.8 Å². The molecule has 3 heterocycles. The predicted octanol–water partition coefficient (Wildman–Crippen LogP) is 5.59. The van der Waals surface area contributed by atoms with Crippen LogP contribution in [0.3, 0.4) is 0 Å². The minimum atomic E-state index is -1.39. The molecule has 0 aliphatic carbocycles. The molecule has 1 saturated heterocycles. The average Bonchev–Trinajstić information content (AvgIpc) is 3.49. The van der Waals surface area contributed by atoms with Crippen LogP contribution < -0.4 is 10.1 Å². The number of nitrogens with zero attached hydrogens (tertiary/aromatic N) is 1. The molecule has 0 aromatic heterocycles. The third-order valence-electron chi connectivity index (χ3n) is 8.58. The van der Waals surface area contributed by atoms with E-state index in [0.717, 1.165) is 11.1 Å². The number of benzene rings is 4. The van der Waals surface area contributed by atoms with Crippen molar-refractivity contribution in [2.24, 2.45) is 5.92 Å². The number of fused-ring (bicyclic) bond motifs is 6. The van der Waals surface area contributed by atoms with Crippen molar-refractivity contribution in [2.45, 2.75) is 24.4 Å². The van der Waals surface area contributed by atoms with E-state index in [4.69, 9.17) is 4.74 Å². The molecular weight excluding hydrogens is 528 g/mol. The molecule has 3 aliphatic rings. The second kappa shape index (κ2) is 9.66. The lowest BCUT2D eigenvalue weighted by molar-refractivity contribution is -0.131. The van der Waals surface area contributed by atoms with Crippen LogP contribution in [0.2, 0.25) is 0 Å². The third kappa shape index (κ3) is 3.66. The molecule has 1 amide bonds. The zero-order valence-corrected chi connectivity index (χ0v) is 22.7.